The molecule has 0 aliphatic rings. The van der Waals surface area contributed by atoms with Crippen LogP contribution in [0.1, 0.15) is 123 Å². The number of unbranched alkanes of at least 4 members (excludes halogenated alkanes) is 2. The molecule has 0 radical (unpaired) electrons. The second kappa shape index (κ2) is 19.7. The van der Waals surface area contributed by atoms with Gasteiger partial charge < -0.3 is 28.7 Å². The molecule has 4 unspecified atom stereocenters. The van der Waals surface area contributed by atoms with Gasteiger partial charge in [0.05, 0.1) is 24.4 Å². The van der Waals surface area contributed by atoms with Crippen LogP contribution in [0.15, 0.2) is 23.7 Å². The van der Waals surface area contributed by atoms with E-state index in [0.29, 0.717) is 13.2 Å². The minimum atomic E-state index is -1.54. The average molecular weight is 663 g/mol. The monoisotopic (exact) mass is 662 g/mol. The van der Waals surface area contributed by atoms with E-state index in [-0.39, 0.29) is 11.1 Å². The maximum Gasteiger partial charge on any atom is 0.512 e. The van der Waals surface area contributed by atoms with Crippen molar-refractivity contribution >= 4 is 18.1 Å². The van der Waals surface area contributed by atoms with Crippen LogP contribution in [0.2, 0.25) is 0 Å². The molecular weight excluding hydrogens is 604 g/mol. The van der Waals surface area contributed by atoms with Gasteiger partial charge in [-0.2, -0.15) is 9.78 Å². The summed E-state index contributed by atoms with van der Waals surface area (Å²) in [7, 11) is 0. The van der Waals surface area contributed by atoms with E-state index in [9.17, 15) is 14.4 Å². The van der Waals surface area contributed by atoms with Crippen molar-refractivity contribution in [2.24, 2.45) is 10.8 Å². The molecule has 0 bridgehead atoms. The lowest BCUT2D eigenvalue weighted by Gasteiger charge is -2.42. The molecule has 0 amide bonds. The molecule has 268 valence electrons. The van der Waals surface area contributed by atoms with Crippen molar-refractivity contribution in [1.29, 1.82) is 0 Å². The molecule has 0 aliphatic heterocycles. The summed E-state index contributed by atoms with van der Waals surface area (Å²) >= 11 is 0. The van der Waals surface area contributed by atoms with Gasteiger partial charge in [-0.15, -0.1) is 0 Å². The summed E-state index contributed by atoms with van der Waals surface area (Å²) in [5.41, 5.74) is -1.24. The Morgan fingerprint density at radius 2 is 0.935 bits per heavy atom. The fourth-order valence-corrected chi connectivity index (χ4v) is 3.01. The molecule has 4 atom stereocenters. The molecule has 46 heavy (non-hydrogen) atoms. The lowest BCUT2D eigenvalue weighted by Crippen LogP contribution is -2.50. The second-order valence-corrected chi connectivity index (χ2v) is 13.2. The number of carbonyl (C=O) groups is 3. The van der Waals surface area contributed by atoms with E-state index < -0.39 is 53.1 Å². The predicted octanol–water partition coefficient (Wildman–Crippen LogP) is 7.78. The fourth-order valence-electron chi connectivity index (χ4n) is 3.01. The maximum absolute atomic E-state index is 12.8. The second-order valence-electron chi connectivity index (χ2n) is 13.2. The fraction of sp³-hybridized carbons (Fsp3) is 0.788. The van der Waals surface area contributed by atoms with Gasteiger partial charge in [-0.3, -0.25) is 9.47 Å². The molecule has 0 saturated heterocycles. The molecule has 0 fully saturated rings. The topological polar surface area (TPSA) is 144 Å². The quantitative estimate of drug-likeness (QED) is 0.0183. The first-order valence-corrected chi connectivity index (χ1v) is 15.7. The van der Waals surface area contributed by atoms with E-state index >= 15 is 0 Å². The third-order valence-electron chi connectivity index (χ3n) is 7.00. The molecule has 0 spiro atoms. The Morgan fingerprint density at radius 1 is 0.609 bits per heavy atom. The van der Waals surface area contributed by atoms with Crippen molar-refractivity contribution in [1.82, 2.24) is 0 Å². The molecule has 0 rings (SSSR count). The van der Waals surface area contributed by atoms with Crippen molar-refractivity contribution in [2.45, 2.75) is 147 Å². The smallest absolute Gasteiger partial charge is 0.429 e. The molecule has 0 N–H and O–H groups in total. The Kier molecular flexibility index (Phi) is 18.5. The van der Waals surface area contributed by atoms with Crippen LogP contribution in [0.5, 0.6) is 0 Å². The number of carbonyl (C=O) groups excluding carboxylic acids is 3. The summed E-state index contributed by atoms with van der Waals surface area (Å²) in [5, 5.41) is 0. The van der Waals surface area contributed by atoms with E-state index in [4.69, 9.17) is 48.0 Å². The Morgan fingerprint density at radius 3 is 1.22 bits per heavy atom. The van der Waals surface area contributed by atoms with Gasteiger partial charge in [-0.05, 0) is 40.5 Å². The van der Waals surface area contributed by atoms with Crippen LogP contribution in [0.4, 0.5) is 4.79 Å². The summed E-state index contributed by atoms with van der Waals surface area (Å²) in [4.78, 5) is 58.2. The van der Waals surface area contributed by atoms with Gasteiger partial charge >= 0.3 is 18.1 Å². The van der Waals surface area contributed by atoms with Crippen molar-refractivity contribution < 1.29 is 62.4 Å². The highest BCUT2D eigenvalue weighted by Gasteiger charge is 2.46. The van der Waals surface area contributed by atoms with Gasteiger partial charge in [0, 0.05) is 24.7 Å². The Hall–Kier alpha value is -2.87. The van der Waals surface area contributed by atoms with Gasteiger partial charge in [0.1, 0.15) is 12.5 Å². The van der Waals surface area contributed by atoms with Gasteiger partial charge in [0.15, 0.2) is 0 Å². The normalized spacial score (nSPS) is 16.7. The Bertz CT molecular complexity index is 930. The number of ether oxygens (including phenoxy) is 6. The molecule has 0 saturated carbocycles. The minimum Gasteiger partial charge on any atom is -0.429 e. The highest BCUT2D eigenvalue weighted by Crippen LogP contribution is 2.38. The van der Waals surface area contributed by atoms with Crippen LogP contribution in [0, 0.1) is 10.8 Å². The van der Waals surface area contributed by atoms with Crippen LogP contribution in [-0.2, 0) is 57.6 Å². The van der Waals surface area contributed by atoms with Crippen molar-refractivity contribution in [3.05, 3.63) is 23.7 Å². The van der Waals surface area contributed by atoms with Crippen LogP contribution >= 0.6 is 0 Å². The number of rotatable bonds is 20. The van der Waals surface area contributed by atoms with E-state index in [1.807, 2.05) is 13.8 Å². The molecular formula is C33H58O13. The number of hydrogen-bond acceptors (Lipinski definition) is 13. The number of hydrogen-bond donors (Lipinski definition) is 0. The highest BCUT2D eigenvalue weighted by atomic mass is 17.2. The van der Waals surface area contributed by atoms with Crippen LogP contribution in [0.3, 0.4) is 0 Å². The molecule has 13 nitrogen and oxygen atoms in total. The largest absolute Gasteiger partial charge is 0.512 e. The third-order valence-corrected chi connectivity index (χ3v) is 7.00. The van der Waals surface area contributed by atoms with Crippen molar-refractivity contribution in [3.8, 4) is 0 Å². The van der Waals surface area contributed by atoms with Gasteiger partial charge in [0.2, 0.25) is 24.2 Å². The van der Waals surface area contributed by atoms with E-state index in [0.717, 1.165) is 38.2 Å². The SMILES string of the molecule is CCCCOO/C=C(\C)C(=O)OC(C)(OC(C)OC(=O)OC(C)OC(C)(OC(=O)/C(C)=C/OOCCCC)C(C)(C)C)C(C)(C)C. The third kappa shape index (κ3) is 15.6. The van der Waals surface area contributed by atoms with Crippen LogP contribution < -0.4 is 0 Å². The predicted molar refractivity (Wildman–Crippen MR) is 168 cm³/mol. The summed E-state index contributed by atoms with van der Waals surface area (Å²) in [5.74, 6) is -4.52. The van der Waals surface area contributed by atoms with E-state index in [1.165, 1.54) is 27.7 Å². The van der Waals surface area contributed by atoms with Crippen LogP contribution in [-0.4, -0.2) is 55.5 Å². The molecule has 0 heterocycles. The van der Waals surface area contributed by atoms with Gasteiger partial charge in [-0.1, -0.05) is 68.2 Å². The zero-order chi connectivity index (χ0) is 35.8. The molecule has 0 aliphatic carbocycles. The van der Waals surface area contributed by atoms with Crippen molar-refractivity contribution in [3.63, 3.8) is 0 Å². The summed E-state index contributed by atoms with van der Waals surface area (Å²) in [6.07, 6.45) is 2.23. The van der Waals surface area contributed by atoms with Crippen LogP contribution in [0.25, 0.3) is 0 Å². The van der Waals surface area contributed by atoms with E-state index in [1.54, 1.807) is 55.4 Å². The molecule has 0 aromatic carbocycles. The van der Waals surface area contributed by atoms with E-state index in [2.05, 4.69) is 0 Å². The molecule has 13 heteroatoms. The van der Waals surface area contributed by atoms with Gasteiger partial charge in [0.25, 0.3) is 0 Å². The summed E-state index contributed by atoms with van der Waals surface area (Å²) in [6, 6.07) is 0. The zero-order valence-corrected chi connectivity index (χ0v) is 30.4. The lowest BCUT2D eigenvalue weighted by molar-refractivity contribution is -0.323. The highest BCUT2D eigenvalue weighted by molar-refractivity contribution is 5.88. The Balaban J connectivity index is 5.37. The standard InChI is InChI=1S/C33H58O13/c1-15-17-19-37-39-21-23(3)27(34)45-32(13,30(7,8)9)43-25(5)41-29(36)42-26(6)44-33(14,31(10,11)12)46-28(35)24(4)22-40-38-20-18-16-2/h21-22,25-26H,15-20H2,1-14H3/b23-21+,24-22+. The zero-order valence-electron chi connectivity index (χ0n) is 30.4. The first-order chi connectivity index (χ1) is 21.1. The first-order valence-electron chi connectivity index (χ1n) is 15.7. The number of esters is 2. The molecule has 0 aromatic rings. The summed E-state index contributed by atoms with van der Waals surface area (Å²) in [6.45, 7) is 24.6. The molecule has 0 aromatic heterocycles. The maximum atomic E-state index is 12.8. The minimum absolute atomic E-state index is 0.135. The summed E-state index contributed by atoms with van der Waals surface area (Å²) < 4.78 is 33.8. The van der Waals surface area contributed by atoms with Gasteiger partial charge in [-0.25, -0.2) is 14.4 Å². The van der Waals surface area contributed by atoms with Crippen molar-refractivity contribution in [2.75, 3.05) is 13.2 Å². The average Bonchev–Trinajstić information content (AvgIpc) is 2.90. The first kappa shape index (κ1) is 43.1. The lowest BCUT2D eigenvalue weighted by atomic mass is 9.86. The Labute approximate surface area is 275 Å².